The summed E-state index contributed by atoms with van der Waals surface area (Å²) in [6.07, 6.45) is 22.1. The number of amides is 1. The molecular weight excluding hydrogens is 388 g/mol. The molecule has 1 atom stereocenters. The number of carbonyl (C=O) groups is 1. The molecule has 0 saturated heterocycles. The van der Waals surface area contributed by atoms with Gasteiger partial charge in [-0.3, -0.25) is 9.28 Å². The van der Waals surface area contributed by atoms with Crippen molar-refractivity contribution < 1.29 is 19.5 Å². The third-order valence-electron chi connectivity index (χ3n) is 6.56. The molecule has 5 heteroatoms. The van der Waals surface area contributed by atoms with Gasteiger partial charge < -0.3 is 15.5 Å². The first-order valence-corrected chi connectivity index (χ1v) is 12.9. The number of hydrogen-bond donors (Lipinski definition) is 3. The maximum atomic E-state index is 12.0. The number of aliphatic hydroxyl groups excluding tert-OH is 1. The van der Waals surface area contributed by atoms with Crippen molar-refractivity contribution in [3.63, 3.8) is 0 Å². The molecule has 31 heavy (non-hydrogen) atoms. The molecule has 0 aromatic heterocycles. The zero-order valence-corrected chi connectivity index (χ0v) is 21.1. The van der Waals surface area contributed by atoms with E-state index in [-0.39, 0.29) is 12.5 Å². The van der Waals surface area contributed by atoms with E-state index in [9.17, 15) is 15.0 Å². The topological polar surface area (TPSA) is 69.6 Å². The molecule has 5 nitrogen and oxygen atoms in total. The molecule has 0 heterocycles. The third kappa shape index (κ3) is 16.4. The summed E-state index contributed by atoms with van der Waals surface area (Å²) in [6.45, 7) is 7.25. The molecule has 0 fully saturated rings. The molecule has 0 rings (SSSR count). The van der Waals surface area contributed by atoms with Crippen molar-refractivity contribution in [2.45, 2.75) is 116 Å². The van der Waals surface area contributed by atoms with Crippen LogP contribution in [-0.2, 0) is 4.79 Å². The summed E-state index contributed by atoms with van der Waals surface area (Å²) < 4.78 is 0.298. The SMILES string of the molecule is CCCCCCCCCCCCCCCC=CC(=O)NCC[N+](C)(CCO)C(C)(C)O. The molecule has 1 unspecified atom stereocenters. The van der Waals surface area contributed by atoms with Crippen molar-refractivity contribution in [3.05, 3.63) is 12.2 Å². The second kappa shape index (κ2) is 18.6. The minimum absolute atomic E-state index is 0.00740. The molecule has 0 aliphatic carbocycles. The van der Waals surface area contributed by atoms with E-state index < -0.39 is 5.72 Å². The van der Waals surface area contributed by atoms with Crippen molar-refractivity contribution in [1.82, 2.24) is 5.32 Å². The summed E-state index contributed by atoms with van der Waals surface area (Å²) in [5, 5.41) is 22.5. The lowest BCUT2D eigenvalue weighted by molar-refractivity contribution is -0.978. The molecule has 0 bridgehead atoms. The Morgan fingerprint density at radius 3 is 1.81 bits per heavy atom. The summed E-state index contributed by atoms with van der Waals surface area (Å²) in [4.78, 5) is 12.0. The van der Waals surface area contributed by atoms with E-state index in [2.05, 4.69) is 12.2 Å². The number of likely N-dealkylation sites (N-methyl/N-ethyl adjacent to an activating group) is 1. The largest absolute Gasteiger partial charge is 0.391 e. The number of carbonyl (C=O) groups excluding carboxylic acids is 1. The van der Waals surface area contributed by atoms with Gasteiger partial charge in [0.15, 0.2) is 5.72 Å². The molecule has 3 N–H and O–H groups in total. The van der Waals surface area contributed by atoms with Crippen molar-refractivity contribution in [2.75, 3.05) is 33.3 Å². The summed E-state index contributed by atoms with van der Waals surface area (Å²) in [6, 6.07) is 0. The average Bonchev–Trinajstić information content (AvgIpc) is 2.70. The summed E-state index contributed by atoms with van der Waals surface area (Å²) in [7, 11) is 1.90. The molecule has 1 amide bonds. The van der Waals surface area contributed by atoms with E-state index in [1.54, 1.807) is 19.9 Å². The van der Waals surface area contributed by atoms with E-state index >= 15 is 0 Å². The molecule has 0 aliphatic rings. The van der Waals surface area contributed by atoms with Gasteiger partial charge in [0.25, 0.3) is 0 Å². The Hall–Kier alpha value is -0.910. The van der Waals surface area contributed by atoms with Crippen LogP contribution in [0.15, 0.2) is 12.2 Å². The molecule has 0 aromatic carbocycles. The van der Waals surface area contributed by atoms with Crippen molar-refractivity contribution >= 4 is 5.91 Å². The Labute approximate surface area is 192 Å². The highest BCUT2D eigenvalue weighted by Gasteiger charge is 2.37. The molecular formula is C26H53N2O3+. The summed E-state index contributed by atoms with van der Waals surface area (Å²) >= 11 is 0. The highest BCUT2D eigenvalue weighted by atomic mass is 16.3. The fraction of sp³-hybridized carbons (Fsp3) is 0.885. The van der Waals surface area contributed by atoms with Crippen LogP contribution in [0, 0.1) is 0 Å². The van der Waals surface area contributed by atoms with Gasteiger partial charge in [0.05, 0.1) is 26.7 Å². The maximum Gasteiger partial charge on any atom is 0.243 e. The van der Waals surface area contributed by atoms with Gasteiger partial charge in [-0.1, -0.05) is 90.0 Å². The lowest BCUT2D eigenvalue weighted by Gasteiger charge is -2.43. The molecule has 0 spiro atoms. The monoisotopic (exact) mass is 441 g/mol. The Balaban J connectivity index is 3.62. The van der Waals surface area contributed by atoms with Crippen LogP contribution in [0.1, 0.15) is 111 Å². The highest BCUT2D eigenvalue weighted by molar-refractivity contribution is 5.87. The lowest BCUT2D eigenvalue weighted by atomic mass is 10.0. The Kier molecular flexibility index (Phi) is 18.1. The zero-order chi connectivity index (χ0) is 23.4. The van der Waals surface area contributed by atoms with Gasteiger partial charge in [0.1, 0.15) is 6.54 Å². The maximum absolute atomic E-state index is 12.0. The van der Waals surface area contributed by atoms with Crippen LogP contribution in [-0.4, -0.2) is 59.6 Å². The van der Waals surface area contributed by atoms with E-state index in [0.717, 1.165) is 12.8 Å². The smallest absolute Gasteiger partial charge is 0.243 e. The second-order valence-electron chi connectivity index (χ2n) is 9.79. The number of nitrogens with one attached hydrogen (secondary N) is 1. The number of allylic oxidation sites excluding steroid dienone is 1. The minimum atomic E-state index is -0.961. The fourth-order valence-corrected chi connectivity index (χ4v) is 3.83. The van der Waals surface area contributed by atoms with E-state index in [1.807, 2.05) is 13.1 Å². The molecule has 184 valence electrons. The van der Waals surface area contributed by atoms with E-state index in [4.69, 9.17) is 0 Å². The second-order valence-corrected chi connectivity index (χ2v) is 9.79. The van der Waals surface area contributed by atoms with Crippen LogP contribution < -0.4 is 5.32 Å². The summed E-state index contributed by atoms with van der Waals surface area (Å²) in [5.41, 5.74) is -0.961. The number of aliphatic hydroxyl groups is 2. The van der Waals surface area contributed by atoms with Gasteiger partial charge in [-0.05, 0) is 18.9 Å². The van der Waals surface area contributed by atoms with Crippen LogP contribution in [0.25, 0.3) is 0 Å². The fourth-order valence-electron chi connectivity index (χ4n) is 3.83. The first-order chi connectivity index (χ1) is 14.8. The Morgan fingerprint density at radius 1 is 0.871 bits per heavy atom. The zero-order valence-electron chi connectivity index (χ0n) is 21.1. The van der Waals surface area contributed by atoms with Gasteiger partial charge in [0, 0.05) is 13.8 Å². The van der Waals surface area contributed by atoms with Gasteiger partial charge in [-0.15, -0.1) is 0 Å². The van der Waals surface area contributed by atoms with Gasteiger partial charge >= 0.3 is 0 Å². The third-order valence-corrected chi connectivity index (χ3v) is 6.56. The van der Waals surface area contributed by atoms with Crippen molar-refractivity contribution in [3.8, 4) is 0 Å². The quantitative estimate of drug-likeness (QED) is 0.0978. The van der Waals surface area contributed by atoms with Crippen LogP contribution in [0.2, 0.25) is 0 Å². The Bertz CT molecular complexity index is 460. The number of hydrogen-bond acceptors (Lipinski definition) is 3. The molecule has 0 radical (unpaired) electrons. The van der Waals surface area contributed by atoms with Gasteiger partial charge in [-0.2, -0.15) is 0 Å². The summed E-state index contributed by atoms with van der Waals surface area (Å²) in [5.74, 6) is -0.0824. The first-order valence-electron chi connectivity index (χ1n) is 12.9. The predicted octanol–water partition coefficient (Wildman–Crippen LogP) is 5.31. The highest BCUT2D eigenvalue weighted by Crippen LogP contribution is 2.18. The van der Waals surface area contributed by atoms with Gasteiger partial charge in [0.2, 0.25) is 5.91 Å². The van der Waals surface area contributed by atoms with Crippen LogP contribution in [0.3, 0.4) is 0 Å². The standard InChI is InChI=1S/C26H52N2O3/c1-5-6-7-8-9-10-11-12-13-14-15-16-17-18-19-20-25(30)27-21-22-28(4,23-24-29)26(2,3)31/h19-20,29,31H,5-18,21-24H2,1-4H3/p+1. The minimum Gasteiger partial charge on any atom is -0.391 e. The lowest BCUT2D eigenvalue weighted by Crippen LogP contribution is -2.62. The number of nitrogens with zero attached hydrogens (tertiary/aromatic N) is 1. The molecule has 0 aromatic rings. The average molecular weight is 442 g/mol. The number of unbranched alkanes of at least 4 members (excludes halogenated alkanes) is 13. The van der Waals surface area contributed by atoms with Crippen LogP contribution in [0.4, 0.5) is 0 Å². The van der Waals surface area contributed by atoms with E-state index in [0.29, 0.717) is 24.1 Å². The number of rotatable bonds is 21. The van der Waals surface area contributed by atoms with Crippen molar-refractivity contribution in [2.24, 2.45) is 0 Å². The Morgan fingerprint density at radius 2 is 1.35 bits per heavy atom. The van der Waals surface area contributed by atoms with Gasteiger partial charge in [-0.25, -0.2) is 0 Å². The molecule has 0 saturated carbocycles. The van der Waals surface area contributed by atoms with Crippen molar-refractivity contribution in [1.29, 1.82) is 0 Å². The van der Waals surface area contributed by atoms with E-state index in [1.165, 1.54) is 77.0 Å². The predicted molar refractivity (Wildman–Crippen MR) is 132 cm³/mol. The normalized spacial score (nSPS) is 14.1. The van der Waals surface area contributed by atoms with Crippen LogP contribution >= 0.6 is 0 Å². The van der Waals surface area contributed by atoms with Crippen LogP contribution in [0.5, 0.6) is 0 Å². The number of quaternary nitrogens is 1. The molecule has 0 aliphatic heterocycles. The first kappa shape index (κ1) is 30.1.